The van der Waals surface area contributed by atoms with Crippen molar-refractivity contribution < 1.29 is 40.7 Å². The Kier molecular flexibility index (Phi) is 9.74. The SMILES string of the molecule is COC(C)(C)ON(C)C(=O)CCCCC(O)c1ccc(-c2ccc([I-]C)cc2)cc1. The van der Waals surface area contributed by atoms with Gasteiger partial charge in [0.15, 0.2) is 5.79 Å². The summed E-state index contributed by atoms with van der Waals surface area (Å²) in [7, 11) is 3.13. The Morgan fingerprint density at radius 3 is 2.17 bits per heavy atom. The Labute approximate surface area is 190 Å². The molecular formula is C24H33INO4-. The van der Waals surface area contributed by atoms with Gasteiger partial charge in [-0.05, 0) is 13.8 Å². The molecule has 2 aromatic rings. The number of rotatable bonds is 11. The fourth-order valence-corrected chi connectivity index (χ4v) is 4.10. The number of hydrogen-bond acceptors (Lipinski definition) is 4. The van der Waals surface area contributed by atoms with Crippen molar-refractivity contribution in [2.45, 2.75) is 51.4 Å². The van der Waals surface area contributed by atoms with Gasteiger partial charge in [-0.1, -0.05) is 0 Å². The number of aliphatic hydroxyl groups is 1. The number of hydrogen-bond donors (Lipinski definition) is 1. The van der Waals surface area contributed by atoms with E-state index < -0.39 is 11.9 Å². The molecule has 2 aromatic carbocycles. The molecule has 0 saturated carbocycles. The number of hydroxylamine groups is 2. The normalized spacial score (nSPS) is 12.7. The fourth-order valence-electron chi connectivity index (χ4n) is 3.02. The van der Waals surface area contributed by atoms with Crippen LogP contribution in [0, 0.1) is 3.57 Å². The van der Waals surface area contributed by atoms with E-state index in [2.05, 4.69) is 41.3 Å². The molecule has 0 aromatic heterocycles. The first-order valence-electron chi connectivity index (χ1n) is 10.1. The number of aliphatic hydroxyl groups excluding tert-OH is 1. The second-order valence-corrected chi connectivity index (χ2v) is 9.99. The second kappa shape index (κ2) is 11.8. The van der Waals surface area contributed by atoms with Crippen LogP contribution in [0.25, 0.3) is 11.1 Å². The molecule has 0 bridgehead atoms. The zero-order valence-electron chi connectivity index (χ0n) is 18.5. The minimum absolute atomic E-state index is 0.102. The summed E-state index contributed by atoms with van der Waals surface area (Å²) >= 11 is 0.119. The quantitative estimate of drug-likeness (QED) is 0.159. The molecule has 1 amide bonds. The van der Waals surface area contributed by atoms with E-state index in [0.717, 1.165) is 17.5 Å². The fraction of sp³-hybridized carbons (Fsp3) is 0.458. The molecule has 0 radical (unpaired) electrons. The molecule has 0 saturated heterocycles. The number of halogens is 1. The van der Waals surface area contributed by atoms with Gasteiger partial charge in [-0.15, -0.1) is 0 Å². The minimum atomic E-state index is -0.841. The standard InChI is InChI=1S/C24H33INO4/c1-24(2,29-5)30-26(4)23(28)9-7-6-8-22(27)20-12-10-18(11-13-20)19-14-16-21(25-3)17-15-19/h10-17,22,27H,6-9H2,1-5H3/q-1. The summed E-state index contributed by atoms with van der Waals surface area (Å²) < 4.78 is 6.60. The van der Waals surface area contributed by atoms with Gasteiger partial charge < -0.3 is 4.74 Å². The Morgan fingerprint density at radius 2 is 1.63 bits per heavy atom. The molecule has 0 aliphatic rings. The number of unbranched alkanes of at least 4 members (excludes halogenated alkanes) is 1. The first-order chi connectivity index (χ1) is 14.3. The second-order valence-electron chi connectivity index (χ2n) is 7.67. The van der Waals surface area contributed by atoms with Crippen LogP contribution in [0.4, 0.5) is 0 Å². The molecule has 5 nitrogen and oxygen atoms in total. The maximum atomic E-state index is 12.1. The predicted molar refractivity (Wildman–Crippen MR) is 115 cm³/mol. The van der Waals surface area contributed by atoms with Crippen molar-refractivity contribution in [2.75, 3.05) is 19.1 Å². The van der Waals surface area contributed by atoms with Gasteiger partial charge in [0, 0.05) is 20.6 Å². The van der Waals surface area contributed by atoms with Gasteiger partial charge in [-0.2, -0.15) is 0 Å². The molecule has 6 heteroatoms. The predicted octanol–water partition coefficient (Wildman–Crippen LogP) is 1.61. The molecule has 1 unspecified atom stereocenters. The Morgan fingerprint density at radius 1 is 1.07 bits per heavy atom. The summed E-state index contributed by atoms with van der Waals surface area (Å²) in [6.07, 6.45) is 1.93. The van der Waals surface area contributed by atoms with E-state index in [0.29, 0.717) is 19.3 Å². The van der Waals surface area contributed by atoms with Crippen LogP contribution in [-0.4, -0.2) is 41.0 Å². The van der Waals surface area contributed by atoms with Crippen LogP contribution in [0.5, 0.6) is 0 Å². The molecule has 1 atom stereocenters. The molecule has 0 fully saturated rings. The first-order valence-corrected chi connectivity index (χ1v) is 13.4. The summed E-state index contributed by atoms with van der Waals surface area (Å²) in [6, 6.07) is 16.8. The van der Waals surface area contributed by atoms with E-state index in [1.165, 1.54) is 21.3 Å². The van der Waals surface area contributed by atoms with Gasteiger partial charge in [0.1, 0.15) is 0 Å². The van der Waals surface area contributed by atoms with Crippen LogP contribution < -0.4 is 21.2 Å². The third-order valence-corrected chi connectivity index (χ3v) is 6.97. The van der Waals surface area contributed by atoms with E-state index >= 15 is 0 Å². The number of carbonyl (C=O) groups is 1. The van der Waals surface area contributed by atoms with E-state index in [1.807, 2.05) is 12.1 Å². The number of benzene rings is 2. The average Bonchev–Trinajstić information content (AvgIpc) is 2.76. The maximum absolute atomic E-state index is 12.1. The Balaban J connectivity index is 1.78. The third kappa shape index (κ3) is 7.65. The molecule has 0 aliphatic heterocycles. The van der Waals surface area contributed by atoms with Crippen molar-refractivity contribution in [3.8, 4) is 11.1 Å². The van der Waals surface area contributed by atoms with Crippen LogP contribution in [-0.2, 0) is 14.4 Å². The number of ether oxygens (including phenoxy) is 1. The molecule has 0 aliphatic carbocycles. The van der Waals surface area contributed by atoms with Gasteiger partial charge in [-0.25, -0.2) is 9.90 Å². The van der Waals surface area contributed by atoms with Crippen molar-refractivity contribution in [3.63, 3.8) is 0 Å². The first kappa shape index (κ1) is 24.8. The van der Waals surface area contributed by atoms with Crippen molar-refractivity contribution in [1.82, 2.24) is 5.06 Å². The van der Waals surface area contributed by atoms with Gasteiger partial charge in [0.2, 0.25) is 5.91 Å². The molecule has 2 rings (SSSR count). The monoisotopic (exact) mass is 526 g/mol. The van der Waals surface area contributed by atoms with Gasteiger partial charge in [0.05, 0.1) is 0 Å². The third-order valence-electron chi connectivity index (χ3n) is 5.01. The number of carbonyl (C=O) groups excluding carboxylic acids is 1. The summed E-state index contributed by atoms with van der Waals surface area (Å²) in [5.74, 6) is -0.943. The summed E-state index contributed by atoms with van der Waals surface area (Å²) in [6.45, 7) is 3.50. The van der Waals surface area contributed by atoms with Gasteiger partial charge in [0.25, 0.3) is 0 Å². The molecular weight excluding hydrogens is 493 g/mol. The molecule has 1 N–H and O–H groups in total. The Bertz CT molecular complexity index is 790. The van der Waals surface area contributed by atoms with Crippen LogP contribution in [0.2, 0.25) is 0 Å². The number of nitrogens with zero attached hydrogens (tertiary/aromatic N) is 1. The van der Waals surface area contributed by atoms with Crippen molar-refractivity contribution in [3.05, 3.63) is 57.7 Å². The number of amides is 1. The Hall–Kier alpha value is -1.48. The summed E-state index contributed by atoms with van der Waals surface area (Å²) in [5, 5.41) is 11.7. The average molecular weight is 526 g/mol. The van der Waals surface area contributed by atoms with E-state index in [-0.39, 0.29) is 27.1 Å². The van der Waals surface area contributed by atoms with Crippen LogP contribution in [0.3, 0.4) is 0 Å². The van der Waals surface area contributed by atoms with Crippen LogP contribution >= 0.6 is 0 Å². The van der Waals surface area contributed by atoms with E-state index in [4.69, 9.17) is 9.57 Å². The number of alkyl halides is 1. The van der Waals surface area contributed by atoms with E-state index in [9.17, 15) is 9.90 Å². The molecule has 166 valence electrons. The zero-order valence-corrected chi connectivity index (χ0v) is 20.7. The van der Waals surface area contributed by atoms with Crippen molar-refractivity contribution >= 4 is 5.91 Å². The topological polar surface area (TPSA) is 59.0 Å². The molecule has 30 heavy (non-hydrogen) atoms. The van der Waals surface area contributed by atoms with Gasteiger partial charge in [-0.3, -0.25) is 4.79 Å². The number of methoxy groups -OCH3 is 1. The molecule has 0 heterocycles. The van der Waals surface area contributed by atoms with Crippen LogP contribution in [0.15, 0.2) is 48.5 Å². The summed E-state index contributed by atoms with van der Waals surface area (Å²) in [4.78, 5) is 19.9. The van der Waals surface area contributed by atoms with Crippen molar-refractivity contribution in [2.24, 2.45) is 0 Å². The summed E-state index contributed by atoms with van der Waals surface area (Å²) in [5.41, 5.74) is 3.25. The van der Waals surface area contributed by atoms with Crippen molar-refractivity contribution in [1.29, 1.82) is 0 Å². The zero-order chi connectivity index (χ0) is 22.1. The van der Waals surface area contributed by atoms with Gasteiger partial charge >= 0.3 is 125 Å². The van der Waals surface area contributed by atoms with Crippen LogP contribution in [0.1, 0.15) is 51.2 Å². The van der Waals surface area contributed by atoms with E-state index in [1.54, 1.807) is 20.9 Å². The molecule has 0 spiro atoms.